The number of ether oxygens (including phenoxy) is 1. The first-order valence-electron chi connectivity index (χ1n) is 11.1. The minimum absolute atomic E-state index is 0.207. The van der Waals surface area contributed by atoms with Crippen LogP contribution in [0.4, 0.5) is 5.69 Å². The summed E-state index contributed by atoms with van der Waals surface area (Å²) in [5, 5.41) is 23.9. The summed E-state index contributed by atoms with van der Waals surface area (Å²) in [5.41, 5.74) is 4.74. The molecule has 0 unspecified atom stereocenters. The van der Waals surface area contributed by atoms with E-state index in [9.17, 15) is 5.11 Å². The van der Waals surface area contributed by atoms with Gasteiger partial charge in [-0.3, -0.25) is 4.98 Å². The molecule has 8 nitrogen and oxygen atoms in total. The summed E-state index contributed by atoms with van der Waals surface area (Å²) in [6.45, 7) is 10.0. The summed E-state index contributed by atoms with van der Waals surface area (Å²) >= 11 is 0. The molecule has 0 amide bonds. The van der Waals surface area contributed by atoms with Crippen molar-refractivity contribution >= 4 is 11.3 Å². The highest BCUT2D eigenvalue weighted by molar-refractivity contribution is 5.69. The Morgan fingerprint density at radius 3 is 2.65 bits per heavy atom. The Balaban J connectivity index is 1.36. The number of hydrogen-bond donors (Lipinski definition) is 1. The van der Waals surface area contributed by atoms with Gasteiger partial charge in [0.1, 0.15) is 18.2 Å². The molecule has 164 valence electrons. The van der Waals surface area contributed by atoms with Crippen LogP contribution < -0.4 is 9.64 Å². The Labute approximate surface area is 182 Å². The Bertz CT molecular complexity index is 1100. The Morgan fingerprint density at radius 1 is 1.13 bits per heavy atom. The van der Waals surface area contributed by atoms with Gasteiger partial charge in [0.15, 0.2) is 0 Å². The quantitative estimate of drug-likeness (QED) is 0.691. The number of aryl methyl sites for hydroxylation is 2. The van der Waals surface area contributed by atoms with Crippen molar-refractivity contribution in [2.45, 2.75) is 58.7 Å². The van der Waals surface area contributed by atoms with Crippen LogP contribution >= 0.6 is 0 Å². The van der Waals surface area contributed by atoms with Gasteiger partial charge in [-0.15, -0.1) is 10.2 Å². The molecule has 1 aliphatic carbocycles. The lowest BCUT2D eigenvalue weighted by Crippen LogP contribution is -2.42. The lowest BCUT2D eigenvalue weighted by atomic mass is 9.78. The zero-order valence-corrected chi connectivity index (χ0v) is 18.6. The third-order valence-electron chi connectivity index (χ3n) is 6.74. The SMILES string of the molecule is Cc1ccc(O[C@@H]2C[C@@H]3CN(c4cc(C(C)C)nn5cnnc45)C[C@@H]3C[C@H]2O)c(C)n1. The fourth-order valence-corrected chi connectivity index (χ4v) is 5.02. The molecule has 4 heterocycles. The highest BCUT2D eigenvalue weighted by atomic mass is 16.5. The molecule has 0 aromatic carbocycles. The molecule has 0 radical (unpaired) electrons. The average molecular weight is 423 g/mol. The predicted octanol–water partition coefficient (Wildman–Crippen LogP) is 2.91. The smallest absolute Gasteiger partial charge is 0.200 e. The van der Waals surface area contributed by atoms with Crippen molar-refractivity contribution < 1.29 is 9.84 Å². The molecule has 0 bridgehead atoms. The number of pyridine rings is 1. The van der Waals surface area contributed by atoms with Crippen molar-refractivity contribution in [3.63, 3.8) is 0 Å². The van der Waals surface area contributed by atoms with Crippen molar-refractivity contribution in [2.75, 3.05) is 18.0 Å². The molecule has 3 aromatic heterocycles. The molecular formula is C23H30N6O2. The van der Waals surface area contributed by atoms with Gasteiger partial charge >= 0.3 is 0 Å². The van der Waals surface area contributed by atoms with Gasteiger partial charge in [0.25, 0.3) is 0 Å². The molecule has 1 saturated carbocycles. The van der Waals surface area contributed by atoms with E-state index in [4.69, 9.17) is 4.74 Å². The number of rotatable bonds is 4. The van der Waals surface area contributed by atoms with E-state index >= 15 is 0 Å². The number of aliphatic hydroxyl groups excluding tert-OH is 1. The minimum atomic E-state index is -0.473. The van der Waals surface area contributed by atoms with Gasteiger partial charge in [-0.05, 0) is 62.6 Å². The second-order valence-electron chi connectivity index (χ2n) is 9.36. The van der Waals surface area contributed by atoms with Crippen molar-refractivity contribution in [2.24, 2.45) is 11.8 Å². The van der Waals surface area contributed by atoms with Crippen molar-refractivity contribution in [1.29, 1.82) is 0 Å². The van der Waals surface area contributed by atoms with Gasteiger partial charge in [-0.2, -0.15) is 9.61 Å². The van der Waals surface area contributed by atoms with E-state index in [1.54, 1.807) is 10.8 Å². The van der Waals surface area contributed by atoms with E-state index in [1.807, 2.05) is 26.0 Å². The molecule has 5 rings (SSSR count). The monoisotopic (exact) mass is 422 g/mol. The van der Waals surface area contributed by atoms with Crippen LogP contribution in [0.25, 0.3) is 5.65 Å². The maximum absolute atomic E-state index is 10.8. The van der Waals surface area contributed by atoms with E-state index in [1.165, 1.54) is 0 Å². The molecule has 2 aliphatic rings. The number of anilines is 1. The lowest BCUT2D eigenvalue weighted by Gasteiger charge is -2.35. The van der Waals surface area contributed by atoms with Crippen LogP contribution in [0.3, 0.4) is 0 Å². The second-order valence-corrected chi connectivity index (χ2v) is 9.36. The van der Waals surface area contributed by atoms with Gasteiger partial charge in [-0.1, -0.05) is 13.8 Å². The van der Waals surface area contributed by atoms with Crippen LogP contribution in [0.1, 0.15) is 49.7 Å². The molecule has 8 heteroatoms. The van der Waals surface area contributed by atoms with E-state index < -0.39 is 6.10 Å². The highest BCUT2D eigenvalue weighted by Gasteiger charge is 2.43. The van der Waals surface area contributed by atoms with Gasteiger partial charge in [-0.25, -0.2) is 0 Å². The largest absolute Gasteiger partial charge is 0.486 e. The number of fused-ring (bicyclic) bond motifs is 2. The van der Waals surface area contributed by atoms with Crippen LogP contribution in [-0.4, -0.2) is 55.2 Å². The number of aliphatic hydroxyl groups is 1. The van der Waals surface area contributed by atoms with Crippen molar-refractivity contribution in [1.82, 2.24) is 24.8 Å². The van der Waals surface area contributed by atoms with E-state index in [0.717, 1.165) is 60.1 Å². The third-order valence-corrected chi connectivity index (χ3v) is 6.74. The Morgan fingerprint density at radius 2 is 1.90 bits per heavy atom. The normalized spacial score (nSPS) is 25.9. The standard InChI is InChI=1S/C23H30N6O2/c1-13(2)18-9-19(23-26-24-12-29(23)27-18)28-10-16-7-20(30)22(8-17(16)11-28)31-21-6-5-14(3)25-15(21)4/h5-6,9,12-13,16-17,20,22,30H,7-8,10-11H2,1-4H3/t16-,17+,20+,22+/m0/s1. The van der Waals surface area contributed by atoms with Crippen molar-refractivity contribution in [3.05, 3.63) is 41.6 Å². The Kier molecular flexibility index (Phi) is 5.04. The number of aromatic nitrogens is 5. The van der Waals surface area contributed by atoms with Crippen LogP contribution in [0, 0.1) is 25.7 Å². The molecule has 31 heavy (non-hydrogen) atoms. The van der Waals surface area contributed by atoms with E-state index in [-0.39, 0.29) is 6.10 Å². The zero-order valence-electron chi connectivity index (χ0n) is 18.6. The summed E-state index contributed by atoms with van der Waals surface area (Å²) < 4.78 is 8.02. The molecule has 1 saturated heterocycles. The van der Waals surface area contributed by atoms with Crippen LogP contribution in [-0.2, 0) is 0 Å². The summed E-state index contributed by atoms with van der Waals surface area (Å²) in [5.74, 6) is 1.99. The maximum atomic E-state index is 10.8. The predicted molar refractivity (Wildman–Crippen MR) is 117 cm³/mol. The van der Waals surface area contributed by atoms with Crippen molar-refractivity contribution in [3.8, 4) is 5.75 Å². The van der Waals surface area contributed by atoms with Crippen LogP contribution in [0.5, 0.6) is 5.75 Å². The van der Waals surface area contributed by atoms with Gasteiger partial charge in [0.2, 0.25) is 5.65 Å². The fourth-order valence-electron chi connectivity index (χ4n) is 5.02. The summed E-state index contributed by atoms with van der Waals surface area (Å²) in [6.07, 6.45) is 2.56. The lowest BCUT2D eigenvalue weighted by molar-refractivity contribution is -0.0236. The number of hydrogen-bond acceptors (Lipinski definition) is 7. The van der Waals surface area contributed by atoms with Crippen LogP contribution in [0.15, 0.2) is 24.5 Å². The average Bonchev–Trinajstić information content (AvgIpc) is 3.35. The van der Waals surface area contributed by atoms with Gasteiger partial charge in [0, 0.05) is 18.8 Å². The second kappa shape index (κ2) is 7.75. The van der Waals surface area contributed by atoms with E-state index in [0.29, 0.717) is 17.8 Å². The van der Waals surface area contributed by atoms with E-state index in [2.05, 4.69) is 45.1 Å². The first kappa shape index (κ1) is 20.2. The van der Waals surface area contributed by atoms with Gasteiger partial charge in [0.05, 0.1) is 23.2 Å². The topological polar surface area (TPSA) is 88.7 Å². The summed E-state index contributed by atoms with van der Waals surface area (Å²) in [7, 11) is 0. The fraction of sp³-hybridized carbons (Fsp3) is 0.565. The van der Waals surface area contributed by atoms with Crippen LogP contribution in [0.2, 0.25) is 0 Å². The summed E-state index contributed by atoms with van der Waals surface area (Å²) in [4.78, 5) is 6.88. The molecule has 3 aromatic rings. The minimum Gasteiger partial charge on any atom is -0.486 e. The molecular weight excluding hydrogens is 392 g/mol. The Hall–Kier alpha value is -2.74. The molecule has 1 N–H and O–H groups in total. The molecule has 2 fully saturated rings. The highest BCUT2D eigenvalue weighted by Crippen LogP contribution is 2.40. The number of nitrogens with zero attached hydrogens (tertiary/aromatic N) is 6. The maximum Gasteiger partial charge on any atom is 0.200 e. The summed E-state index contributed by atoms with van der Waals surface area (Å²) in [6, 6.07) is 6.07. The van der Waals surface area contributed by atoms with Gasteiger partial charge < -0.3 is 14.7 Å². The molecule has 4 atom stereocenters. The first-order chi connectivity index (χ1) is 14.9. The molecule has 0 spiro atoms. The molecule has 1 aliphatic heterocycles. The third kappa shape index (κ3) is 3.73. The zero-order chi connectivity index (χ0) is 21.7. The first-order valence-corrected chi connectivity index (χ1v) is 11.1.